The fourth-order valence-corrected chi connectivity index (χ4v) is 4.64. The maximum atomic E-state index is 13.1. The number of pyridine rings is 1. The third-order valence-electron chi connectivity index (χ3n) is 4.96. The molecule has 1 atom stereocenters. The molecule has 4 N–H and O–H groups in total. The van der Waals surface area contributed by atoms with E-state index in [-0.39, 0.29) is 17.0 Å². The maximum Gasteiger partial charge on any atom is 0.257 e. The first-order valence-corrected chi connectivity index (χ1v) is 10.5. The smallest absolute Gasteiger partial charge is 0.257 e. The summed E-state index contributed by atoms with van der Waals surface area (Å²) in [5.74, 6) is -0.395. The molecule has 0 radical (unpaired) electrons. The summed E-state index contributed by atoms with van der Waals surface area (Å²) < 4.78 is 6.43. The number of nitrogens with two attached hydrogens (primary N) is 1. The van der Waals surface area contributed by atoms with Crippen molar-refractivity contribution in [2.75, 3.05) is 5.32 Å². The number of hydrogen-bond acceptors (Lipinski definition) is 7. The van der Waals surface area contributed by atoms with Gasteiger partial charge in [-0.15, -0.1) is 0 Å². The zero-order valence-electron chi connectivity index (χ0n) is 15.8. The van der Waals surface area contributed by atoms with E-state index < -0.39 is 5.92 Å². The number of thiazole rings is 1. The normalized spacial score (nSPS) is 15.3. The van der Waals surface area contributed by atoms with Gasteiger partial charge in [-0.25, -0.2) is 4.98 Å². The molecule has 0 aliphatic carbocycles. The molecule has 0 fully saturated rings. The molecule has 31 heavy (non-hydrogen) atoms. The highest BCUT2D eigenvalue weighted by Crippen LogP contribution is 2.45. The number of anilines is 2. The first kappa shape index (κ1) is 19.2. The highest BCUT2D eigenvalue weighted by atomic mass is 35.5. The summed E-state index contributed by atoms with van der Waals surface area (Å²) in [6.07, 6.45) is 0. The Morgan fingerprint density at radius 1 is 1.19 bits per heavy atom. The Morgan fingerprint density at radius 2 is 1.94 bits per heavy atom. The van der Waals surface area contributed by atoms with Crippen LogP contribution in [0.5, 0.6) is 5.75 Å². The average molecular weight is 448 g/mol. The van der Waals surface area contributed by atoms with Gasteiger partial charge in [0.15, 0.2) is 16.5 Å². The quantitative estimate of drug-likeness (QED) is 0.422. The Balaban J connectivity index is 1.69. The number of nitrogens with zero attached hydrogens (tertiary/aromatic N) is 2. The number of benzene rings is 2. The Kier molecular flexibility index (Phi) is 4.62. The Hall–Kier alpha value is -3.80. The van der Waals surface area contributed by atoms with E-state index in [1.807, 2.05) is 30.3 Å². The van der Waals surface area contributed by atoms with Gasteiger partial charge in [0.25, 0.3) is 5.56 Å². The predicted octanol–water partition coefficient (Wildman–Crippen LogP) is 4.60. The molecule has 0 spiro atoms. The van der Waals surface area contributed by atoms with Crippen LogP contribution in [0.15, 0.2) is 70.8 Å². The second-order valence-electron chi connectivity index (χ2n) is 6.86. The molecule has 4 aromatic rings. The zero-order valence-corrected chi connectivity index (χ0v) is 17.4. The molecule has 5 rings (SSSR count). The van der Waals surface area contributed by atoms with Gasteiger partial charge in [-0.2, -0.15) is 5.26 Å². The summed E-state index contributed by atoms with van der Waals surface area (Å²) in [5.41, 5.74) is 8.16. The summed E-state index contributed by atoms with van der Waals surface area (Å²) in [4.78, 5) is 20.4. The summed E-state index contributed by atoms with van der Waals surface area (Å²) in [7, 11) is 0. The predicted molar refractivity (Wildman–Crippen MR) is 121 cm³/mol. The first-order valence-electron chi connectivity index (χ1n) is 9.27. The molecule has 0 saturated heterocycles. The number of allylic oxidation sites excluding steroid dienone is 1. The van der Waals surface area contributed by atoms with Crippen LogP contribution in [0.25, 0.3) is 10.3 Å². The number of hydrogen-bond donors (Lipinski definition) is 3. The van der Waals surface area contributed by atoms with Crippen molar-refractivity contribution in [1.29, 1.82) is 5.26 Å². The topological polar surface area (TPSA) is 117 Å². The fourth-order valence-electron chi connectivity index (χ4n) is 3.58. The summed E-state index contributed by atoms with van der Waals surface area (Å²) in [5, 5.41) is 14.1. The molecule has 2 aromatic heterocycles. The molecule has 2 aromatic carbocycles. The van der Waals surface area contributed by atoms with Crippen LogP contribution in [0.2, 0.25) is 5.02 Å². The third kappa shape index (κ3) is 3.30. The van der Waals surface area contributed by atoms with Crippen LogP contribution in [-0.2, 0) is 0 Å². The lowest BCUT2D eigenvalue weighted by Crippen LogP contribution is -2.27. The van der Waals surface area contributed by atoms with Crippen molar-refractivity contribution >= 4 is 44.1 Å². The standard InChI is InChI=1S/C22H14ClN5O2S/c23-12-8-6-11(7-9-12)15-14(10-24)19(25)30-17-16(15)21(29)27-20-18(17)31-22(28-20)26-13-4-2-1-3-5-13/h1-9,15H,25H2,(H2,26,27,28,29)/t15-/m1/s1. The van der Waals surface area contributed by atoms with Crippen LogP contribution in [0.3, 0.4) is 0 Å². The molecular weight excluding hydrogens is 434 g/mol. The lowest BCUT2D eigenvalue weighted by Gasteiger charge is -2.25. The molecule has 0 bridgehead atoms. The van der Waals surface area contributed by atoms with Gasteiger partial charge >= 0.3 is 0 Å². The van der Waals surface area contributed by atoms with Gasteiger partial charge in [0.05, 0.1) is 11.5 Å². The molecule has 1 aliphatic rings. The van der Waals surface area contributed by atoms with Crippen molar-refractivity contribution in [3.63, 3.8) is 0 Å². The molecule has 0 amide bonds. The second kappa shape index (κ2) is 7.47. The van der Waals surface area contributed by atoms with Gasteiger partial charge < -0.3 is 20.8 Å². The monoisotopic (exact) mass is 447 g/mol. The molecular formula is C22H14ClN5O2S. The first-order chi connectivity index (χ1) is 15.0. The van der Waals surface area contributed by atoms with Crippen molar-refractivity contribution in [1.82, 2.24) is 9.97 Å². The van der Waals surface area contributed by atoms with Crippen LogP contribution in [0.4, 0.5) is 10.8 Å². The Morgan fingerprint density at radius 3 is 2.65 bits per heavy atom. The Labute approximate surface area is 185 Å². The summed E-state index contributed by atoms with van der Waals surface area (Å²) in [6, 6.07) is 18.6. The molecule has 7 nitrogen and oxygen atoms in total. The number of ether oxygens (including phenoxy) is 1. The number of aromatic nitrogens is 2. The minimum absolute atomic E-state index is 0.0344. The number of H-pyrrole nitrogens is 1. The number of para-hydroxylation sites is 1. The summed E-state index contributed by atoms with van der Waals surface area (Å²) in [6.45, 7) is 0. The van der Waals surface area contributed by atoms with Crippen molar-refractivity contribution < 1.29 is 4.74 Å². The SMILES string of the molecule is N#CC1=C(N)Oc2c(c(=O)[nH]c3nc(Nc4ccccc4)sc23)[C@@H]1c1ccc(Cl)cc1. The minimum atomic E-state index is -0.674. The van der Waals surface area contributed by atoms with Crippen molar-refractivity contribution in [2.24, 2.45) is 5.73 Å². The maximum absolute atomic E-state index is 13.1. The minimum Gasteiger partial charge on any atom is -0.438 e. The van der Waals surface area contributed by atoms with E-state index in [1.54, 1.807) is 24.3 Å². The molecule has 152 valence electrons. The van der Waals surface area contributed by atoms with Crippen LogP contribution in [0.1, 0.15) is 17.0 Å². The van der Waals surface area contributed by atoms with E-state index in [4.69, 9.17) is 22.1 Å². The van der Waals surface area contributed by atoms with Gasteiger partial charge in [0.1, 0.15) is 16.3 Å². The molecule has 9 heteroatoms. The van der Waals surface area contributed by atoms with E-state index >= 15 is 0 Å². The Bertz CT molecular complexity index is 1440. The zero-order chi connectivity index (χ0) is 21.5. The van der Waals surface area contributed by atoms with E-state index in [0.717, 1.165) is 5.69 Å². The van der Waals surface area contributed by atoms with Crippen molar-refractivity contribution in [3.05, 3.63) is 92.6 Å². The van der Waals surface area contributed by atoms with Gasteiger partial charge in [0, 0.05) is 10.7 Å². The van der Waals surface area contributed by atoms with Gasteiger partial charge in [-0.1, -0.05) is 53.3 Å². The number of fused-ring (bicyclic) bond motifs is 3. The number of rotatable bonds is 3. The van der Waals surface area contributed by atoms with E-state index in [0.29, 0.717) is 37.4 Å². The molecule has 3 heterocycles. The number of halogens is 1. The second-order valence-corrected chi connectivity index (χ2v) is 8.30. The van der Waals surface area contributed by atoms with Crippen LogP contribution >= 0.6 is 22.9 Å². The molecule has 0 saturated carbocycles. The van der Waals surface area contributed by atoms with Gasteiger partial charge in [-0.05, 0) is 29.8 Å². The highest BCUT2D eigenvalue weighted by molar-refractivity contribution is 7.22. The van der Waals surface area contributed by atoms with Crippen LogP contribution < -0.4 is 21.3 Å². The fraction of sp³-hybridized carbons (Fsp3) is 0.0455. The van der Waals surface area contributed by atoms with Gasteiger partial charge in [-0.3, -0.25) is 4.79 Å². The highest BCUT2D eigenvalue weighted by Gasteiger charge is 2.35. The lowest BCUT2D eigenvalue weighted by atomic mass is 9.84. The third-order valence-corrected chi connectivity index (χ3v) is 6.18. The van der Waals surface area contributed by atoms with Gasteiger partial charge in [0.2, 0.25) is 5.88 Å². The molecule has 0 unspecified atom stereocenters. The number of nitriles is 1. The number of aromatic amines is 1. The van der Waals surface area contributed by atoms with E-state index in [1.165, 1.54) is 11.3 Å². The average Bonchev–Trinajstić information content (AvgIpc) is 3.16. The van der Waals surface area contributed by atoms with E-state index in [2.05, 4.69) is 21.4 Å². The summed E-state index contributed by atoms with van der Waals surface area (Å²) >= 11 is 7.35. The van der Waals surface area contributed by atoms with Crippen molar-refractivity contribution in [2.45, 2.75) is 5.92 Å². The van der Waals surface area contributed by atoms with E-state index in [9.17, 15) is 10.1 Å². The molecule has 1 aliphatic heterocycles. The van der Waals surface area contributed by atoms with Crippen LogP contribution in [-0.4, -0.2) is 9.97 Å². The number of nitrogens with one attached hydrogen (secondary N) is 2. The lowest BCUT2D eigenvalue weighted by molar-refractivity contribution is 0.397. The largest absolute Gasteiger partial charge is 0.438 e. The van der Waals surface area contributed by atoms with Crippen molar-refractivity contribution in [3.8, 4) is 11.8 Å². The van der Waals surface area contributed by atoms with Crippen LogP contribution in [0, 0.1) is 11.3 Å².